The molecule has 0 radical (unpaired) electrons. The van der Waals surface area contributed by atoms with E-state index in [1.54, 1.807) is 12.4 Å². The molecule has 1 saturated carbocycles. The maximum atomic E-state index is 11.7. The summed E-state index contributed by atoms with van der Waals surface area (Å²) in [5.74, 6) is 0.650. The molecule has 1 aromatic rings. The molecule has 1 heterocycles. The lowest BCUT2D eigenvalue weighted by Crippen LogP contribution is -2.39. The predicted octanol–water partition coefficient (Wildman–Crippen LogP) is 2.02. The molecule has 1 aromatic heterocycles. The molecule has 1 amide bonds. The minimum atomic E-state index is -0.0769. The molecule has 1 N–H and O–H groups in total. The van der Waals surface area contributed by atoms with Gasteiger partial charge >= 0.3 is 6.03 Å². The summed E-state index contributed by atoms with van der Waals surface area (Å²) in [6, 6.07) is 0.189. The van der Waals surface area contributed by atoms with Gasteiger partial charge in [0.1, 0.15) is 6.33 Å². The number of aromatic nitrogens is 2. The van der Waals surface area contributed by atoms with Crippen LogP contribution in [0.5, 0.6) is 0 Å². The Morgan fingerprint density at radius 1 is 1.53 bits per heavy atom. The molecule has 1 fully saturated rings. The number of nitrogens with zero attached hydrogens (tertiary/aromatic N) is 2. The Bertz CT molecular complexity index is 315. The van der Waals surface area contributed by atoms with Gasteiger partial charge < -0.3 is 5.32 Å². The number of hydrogen-bond donors (Lipinski definition) is 1. The summed E-state index contributed by atoms with van der Waals surface area (Å²) in [5.41, 5.74) is 0. The lowest BCUT2D eigenvalue weighted by Gasteiger charge is -2.20. The van der Waals surface area contributed by atoms with E-state index in [0.29, 0.717) is 5.92 Å². The van der Waals surface area contributed by atoms with Crippen molar-refractivity contribution >= 4 is 6.03 Å². The van der Waals surface area contributed by atoms with Gasteiger partial charge in [-0.25, -0.2) is 9.78 Å². The summed E-state index contributed by atoms with van der Waals surface area (Å²) in [6.07, 6.45) is 9.88. The molecule has 82 valence electrons. The van der Waals surface area contributed by atoms with Crippen molar-refractivity contribution in [3.8, 4) is 0 Å². The molecular weight excluding hydrogens is 190 g/mol. The van der Waals surface area contributed by atoms with E-state index in [1.807, 2.05) is 0 Å². The lowest BCUT2D eigenvalue weighted by molar-refractivity contribution is 0.234. The Morgan fingerprint density at radius 3 is 2.87 bits per heavy atom. The number of imidazole rings is 1. The van der Waals surface area contributed by atoms with E-state index < -0.39 is 0 Å². The quantitative estimate of drug-likeness (QED) is 0.806. The zero-order valence-electron chi connectivity index (χ0n) is 9.02. The van der Waals surface area contributed by atoms with Gasteiger partial charge in [-0.1, -0.05) is 12.8 Å². The highest BCUT2D eigenvalue weighted by Crippen LogP contribution is 2.27. The lowest BCUT2D eigenvalue weighted by atomic mass is 10.0. The summed E-state index contributed by atoms with van der Waals surface area (Å²) in [6.45, 7) is 2.09. The average Bonchev–Trinajstić information content (AvgIpc) is 2.91. The Balaban J connectivity index is 1.88. The van der Waals surface area contributed by atoms with Gasteiger partial charge in [0, 0.05) is 18.4 Å². The topological polar surface area (TPSA) is 46.9 Å². The molecular formula is C11H17N3O. The molecule has 1 atom stereocenters. The molecule has 4 heteroatoms. The zero-order valence-corrected chi connectivity index (χ0v) is 9.02. The molecule has 4 nitrogen and oxygen atoms in total. The number of rotatable bonds is 2. The van der Waals surface area contributed by atoms with E-state index >= 15 is 0 Å². The van der Waals surface area contributed by atoms with Crippen LogP contribution in [0.4, 0.5) is 4.79 Å². The first-order valence-corrected chi connectivity index (χ1v) is 5.56. The monoisotopic (exact) mass is 207 g/mol. The van der Waals surface area contributed by atoms with Crippen LogP contribution in [0, 0.1) is 5.92 Å². The second-order valence-electron chi connectivity index (χ2n) is 4.25. The number of amides is 1. The second-order valence-corrected chi connectivity index (χ2v) is 4.25. The number of nitrogens with one attached hydrogen (secondary N) is 1. The fourth-order valence-corrected chi connectivity index (χ4v) is 2.22. The fraction of sp³-hybridized carbons (Fsp3) is 0.636. The maximum absolute atomic E-state index is 11.7. The Hall–Kier alpha value is -1.32. The van der Waals surface area contributed by atoms with Gasteiger partial charge in [-0.05, 0) is 25.7 Å². The van der Waals surface area contributed by atoms with Crippen molar-refractivity contribution in [3.63, 3.8) is 0 Å². The summed E-state index contributed by atoms with van der Waals surface area (Å²) >= 11 is 0. The first-order valence-electron chi connectivity index (χ1n) is 5.56. The highest BCUT2D eigenvalue weighted by Gasteiger charge is 2.22. The van der Waals surface area contributed by atoms with Gasteiger partial charge in [0.15, 0.2) is 0 Å². The number of carbonyl (C=O) groups excluding carboxylic acids is 1. The summed E-state index contributed by atoms with van der Waals surface area (Å²) in [5, 5.41) is 3.01. The van der Waals surface area contributed by atoms with Crippen LogP contribution in [0.25, 0.3) is 0 Å². The molecule has 1 aliphatic carbocycles. The Labute approximate surface area is 89.7 Å². The van der Waals surface area contributed by atoms with Crippen LogP contribution in [0.1, 0.15) is 32.6 Å². The molecule has 2 rings (SSSR count). The van der Waals surface area contributed by atoms with Crippen LogP contribution in [-0.4, -0.2) is 21.6 Å². The van der Waals surface area contributed by atoms with Crippen molar-refractivity contribution in [1.82, 2.24) is 14.9 Å². The van der Waals surface area contributed by atoms with Crippen LogP contribution in [0.3, 0.4) is 0 Å². The molecule has 1 unspecified atom stereocenters. The van der Waals surface area contributed by atoms with Crippen LogP contribution >= 0.6 is 0 Å². The van der Waals surface area contributed by atoms with E-state index in [4.69, 9.17) is 0 Å². The van der Waals surface area contributed by atoms with Crippen molar-refractivity contribution in [2.45, 2.75) is 38.6 Å². The Kier molecular flexibility index (Phi) is 3.04. The SMILES string of the molecule is CC(NC(=O)n1ccnc1)C1CCCC1. The van der Waals surface area contributed by atoms with Crippen LogP contribution in [-0.2, 0) is 0 Å². The molecule has 15 heavy (non-hydrogen) atoms. The average molecular weight is 207 g/mol. The molecule has 0 saturated heterocycles. The van der Waals surface area contributed by atoms with Crippen molar-refractivity contribution in [3.05, 3.63) is 18.7 Å². The van der Waals surface area contributed by atoms with E-state index in [-0.39, 0.29) is 12.1 Å². The van der Waals surface area contributed by atoms with Gasteiger partial charge in [-0.15, -0.1) is 0 Å². The summed E-state index contributed by atoms with van der Waals surface area (Å²) in [7, 11) is 0. The summed E-state index contributed by atoms with van der Waals surface area (Å²) < 4.78 is 1.48. The normalized spacial score (nSPS) is 19.0. The van der Waals surface area contributed by atoms with Crippen LogP contribution in [0.15, 0.2) is 18.7 Å². The third kappa shape index (κ3) is 2.37. The molecule has 0 aliphatic heterocycles. The second kappa shape index (κ2) is 4.47. The van der Waals surface area contributed by atoms with Gasteiger partial charge in [-0.3, -0.25) is 4.57 Å². The Morgan fingerprint density at radius 2 is 2.27 bits per heavy atom. The van der Waals surface area contributed by atoms with Crippen molar-refractivity contribution < 1.29 is 4.79 Å². The highest BCUT2D eigenvalue weighted by atomic mass is 16.2. The molecule has 0 bridgehead atoms. The predicted molar refractivity (Wildman–Crippen MR) is 57.6 cm³/mol. The van der Waals surface area contributed by atoms with Gasteiger partial charge in [0.05, 0.1) is 0 Å². The third-order valence-corrected chi connectivity index (χ3v) is 3.20. The number of carbonyl (C=O) groups is 1. The molecule has 0 aromatic carbocycles. The van der Waals surface area contributed by atoms with Crippen molar-refractivity contribution in [2.75, 3.05) is 0 Å². The van der Waals surface area contributed by atoms with Crippen LogP contribution in [0.2, 0.25) is 0 Å². The standard InChI is InChI=1S/C11H17N3O/c1-9(10-4-2-3-5-10)13-11(15)14-7-6-12-8-14/h6-10H,2-5H2,1H3,(H,13,15). The van der Waals surface area contributed by atoms with E-state index in [0.717, 1.165) is 0 Å². The zero-order chi connectivity index (χ0) is 10.7. The van der Waals surface area contributed by atoms with E-state index in [9.17, 15) is 4.79 Å². The maximum Gasteiger partial charge on any atom is 0.327 e. The number of hydrogen-bond acceptors (Lipinski definition) is 2. The van der Waals surface area contributed by atoms with Gasteiger partial charge in [-0.2, -0.15) is 0 Å². The van der Waals surface area contributed by atoms with Gasteiger partial charge in [0.25, 0.3) is 0 Å². The molecule has 1 aliphatic rings. The van der Waals surface area contributed by atoms with E-state index in [2.05, 4.69) is 17.2 Å². The minimum absolute atomic E-state index is 0.0769. The molecule has 0 spiro atoms. The largest absolute Gasteiger partial charge is 0.335 e. The first-order chi connectivity index (χ1) is 7.27. The smallest absolute Gasteiger partial charge is 0.327 e. The fourth-order valence-electron chi connectivity index (χ4n) is 2.22. The summed E-state index contributed by atoms with van der Waals surface area (Å²) in [4.78, 5) is 15.5. The van der Waals surface area contributed by atoms with Gasteiger partial charge in [0.2, 0.25) is 0 Å². The van der Waals surface area contributed by atoms with Crippen LogP contribution < -0.4 is 5.32 Å². The van der Waals surface area contributed by atoms with E-state index in [1.165, 1.54) is 36.6 Å². The minimum Gasteiger partial charge on any atom is -0.335 e. The first kappa shape index (κ1) is 10.2. The van der Waals surface area contributed by atoms with Crippen molar-refractivity contribution in [1.29, 1.82) is 0 Å². The van der Waals surface area contributed by atoms with Crippen molar-refractivity contribution in [2.24, 2.45) is 5.92 Å². The third-order valence-electron chi connectivity index (χ3n) is 3.20. The highest BCUT2D eigenvalue weighted by molar-refractivity contribution is 5.76.